The first-order chi connectivity index (χ1) is 15.7. The van der Waals surface area contributed by atoms with Gasteiger partial charge in [0.1, 0.15) is 5.82 Å². The predicted octanol–water partition coefficient (Wildman–Crippen LogP) is 4.85. The van der Waals surface area contributed by atoms with Crippen molar-refractivity contribution in [3.63, 3.8) is 0 Å². The molecular weight excluding hydrogens is 440 g/mol. The van der Waals surface area contributed by atoms with Gasteiger partial charge in [-0.25, -0.2) is 14.4 Å². The fourth-order valence-corrected chi connectivity index (χ4v) is 3.21. The van der Waals surface area contributed by atoms with Crippen LogP contribution in [0.25, 0.3) is 22.0 Å². The fraction of sp³-hybridized carbons (Fsp3) is 0.136. The number of aromatic nitrogens is 4. The van der Waals surface area contributed by atoms with Gasteiger partial charge in [0, 0.05) is 53.9 Å². The largest absolute Gasteiger partial charge is 0.419 e. The smallest absolute Gasteiger partial charge is 0.373 e. The number of alkyl halides is 3. The van der Waals surface area contributed by atoms with Crippen LogP contribution in [0.4, 0.5) is 29.1 Å². The first-order valence-corrected chi connectivity index (χ1v) is 9.61. The number of aryl methyl sites for hydroxylation is 1. The SMILES string of the molecule is CNc1cc2ncc(-c3cc(NC(=O)c4nccc(C(F)(F)F)c4F)cnc3C)cc2cn1. The molecule has 4 aromatic heterocycles. The van der Waals surface area contributed by atoms with Crippen LogP contribution in [0.1, 0.15) is 21.7 Å². The Morgan fingerprint density at radius 3 is 2.52 bits per heavy atom. The molecule has 33 heavy (non-hydrogen) atoms. The zero-order chi connectivity index (χ0) is 23.8. The lowest BCUT2D eigenvalue weighted by atomic mass is 10.0. The Balaban J connectivity index is 1.66. The maximum Gasteiger partial charge on any atom is 0.419 e. The first kappa shape index (κ1) is 22.1. The monoisotopic (exact) mass is 456 g/mol. The van der Waals surface area contributed by atoms with Crippen LogP contribution in [0.15, 0.2) is 49.1 Å². The van der Waals surface area contributed by atoms with E-state index in [4.69, 9.17) is 0 Å². The second kappa shape index (κ2) is 8.41. The summed E-state index contributed by atoms with van der Waals surface area (Å²) in [5.74, 6) is -2.20. The summed E-state index contributed by atoms with van der Waals surface area (Å²) in [4.78, 5) is 28.8. The number of nitrogens with one attached hydrogen (secondary N) is 2. The number of pyridine rings is 4. The number of fused-ring (bicyclic) bond motifs is 1. The Hall–Kier alpha value is -4.15. The Bertz CT molecular complexity index is 1370. The molecule has 0 bridgehead atoms. The normalized spacial score (nSPS) is 11.5. The average Bonchev–Trinajstić information content (AvgIpc) is 2.79. The molecular formula is C22H16F4N6O. The summed E-state index contributed by atoms with van der Waals surface area (Å²) in [7, 11) is 1.75. The van der Waals surface area contributed by atoms with Gasteiger partial charge in [0.15, 0.2) is 11.5 Å². The van der Waals surface area contributed by atoms with E-state index >= 15 is 0 Å². The lowest BCUT2D eigenvalue weighted by Crippen LogP contribution is -2.19. The standard InChI is InChI=1S/C22H16F4N6O/c1-11-15(12-5-13-9-31-18(27-2)7-17(13)30-8-12)6-14(10-29-11)32-21(33)20-19(23)16(3-4-28-20)22(24,25)26/h3-10H,1-2H3,(H,27,31)(H,32,33). The van der Waals surface area contributed by atoms with Crippen LogP contribution in [-0.4, -0.2) is 32.9 Å². The number of rotatable bonds is 4. The second-order valence-corrected chi connectivity index (χ2v) is 7.07. The molecule has 0 spiro atoms. The number of hydrogen-bond acceptors (Lipinski definition) is 6. The Morgan fingerprint density at radius 2 is 1.79 bits per heavy atom. The van der Waals surface area contributed by atoms with Gasteiger partial charge >= 0.3 is 6.18 Å². The number of halogens is 4. The lowest BCUT2D eigenvalue weighted by molar-refractivity contribution is -0.140. The maximum atomic E-state index is 14.3. The van der Waals surface area contributed by atoms with Gasteiger partial charge in [-0.15, -0.1) is 0 Å². The second-order valence-electron chi connectivity index (χ2n) is 7.07. The minimum atomic E-state index is -4.95. The molecule has 0 atom stereocenters. The molecule has 0 saturated carbocycles. The molecule has 7 nitrogen and oxygen atoms in total. The first-order valence-electron chi connectivity index (χ1n) is 9.61. The maximum absolute atomic E-state index is 14.3. The molecule has 0 radical (unpaired) electrons. The van der Waals surface area contributed by atoms with Crippen LogP contribution in [0.3, 0.4) is 0 Å². The molecule has 2 N–H and O–H groups in total. The zero-order valence-corrected chi connectivity index (χ0v) is 17.3. The summed E-state index contributed by atoms with van der Waals surface area (Å²) in [5.41, 5.74) is 0.274. The Labute approximate surface area is 184 Å². The van der Waals surface area contributed by atoms with Crippen LogP contribution in [0.5, 0.6) is 0 Å². The number of hydrogen-bond donors (Lipinski definition) is 2. The van der Waals surface area contributed by atoms with E-state index in [-0.39, 0.29) is 5.69 Å². The lowest BCUT2D eigenvalue weighted by Gasteiger charge is -2.12. The van der Waals surface area contributed by atoms with Crippen molar-refractivity contribution in [2.24, 2.45) is 0 Å². The molecule has 168 valence electrons. The minimum Gasteiger partial charge on any atom is -0.373 e. The van der Waals surface area contributed by atoms with Gasteiger partial charge in [-0.3, -0.25) is 14.8 Å². The molecule has 0 saturated heterocycles. The van der Waals surface area contributed by atoms with Crippen molar-refractivity contribution in [2.45, 2.75) is 13.1 Å². The fourth-order valence-electron chi connectivity index (χ4n) is 3.21. The zero-order valence-electron chi connectivity index (χ0n) is 17.3. The van der Waals surface area contributed by atoms with Crippen molar-refractivity contribution in [3.8, 4) is 11.1 Å². The van der Waals surface area contributed by atoms with E-state index in [0.717, 1.165) is 17.1 Å². The highest BCUT2D eigenvalue weighted by molar-refractivity contribution is 6.03. The van der Waals surface area contributed by atoms with Crippen LogP contribution in [0, 0.1) is 12.7 Å². The van der Waals surface area contributed by atoms with Crippen molar-refractivity contribution in [1.82, 2.24) is 19.9 Å². The summed E-state index contributed by atoms with van der Waals surface area (Å²) >= 11 is 0. The summed E-state index contributed by atoms with van der Waals surface area (Å²) in [5, 5.41) is 6.06. The third-order valence-electron chi connectivity index (χ3n) is 4.89. The van der Waals surface area contributed by atoms with Gasteiger partial charge in [0.2, 0.25) is 0 Å². The van der Waals surface area contributed by atoms with E-state index in [1.807, 2.05) is 6.07 Å². The predicted molar refractivity (Wildman–Crippen MR) is 114 cm³/mol. The Kier molecular flexibility index (Phi) is 5.62. The summed E-state index contributed by atoms with van der Waals surface area (Å²) in [6, 6.07) is 5.68. The van der Waals surface area contributed by atoms with Crippen LogP contribution in [-0.2, 0) is 6.18 Å². The molecule has 0 aliphatic heterocycles. The highest BCUT2D eigenvalue weighted by atomic mass is 19.4. The summed E-state index contributed by atoms with van der Waals surface area (Å²) in [6.07, 6.45) is 0.386. The topological polar surface area (TPSA) is 92.7 Å². The van der Waals surface area contributed by atoms with E-state index in [9.17, 15) is 22.4 Å². The van der Waals surface area contributed by atoms with Gasteiger partial charge in [0.05, 0.1) is 23.0 Å². The number of nitrogens with zero attached hydrogens (tertiary/aromatic N) is 4. The summed E-state index contributed by atoms with van der Waals surface area (Å²) < 4.78 is 53.1. The number of anilines is 2. The molecule has 1 amide bonds. The molecule has 4 aromatic rings. The van der Waals surface area contributed by atoms with Crippen LogP contribution >= 0.6 is 0 Å². The molecule has 0 aliphatic carbocycles. The molecule has 11 heteroatoms. The Morgan fingerprint density at radius 1 is 1.00 bits per heavy atom. The van der Waals surface area contributed by atoms with E-state index in [1.54, 1.807) is 38.5 Å². The molecule has 4 heterocycles. The van der Waals surface area contributed by atoms with Crippen molar-refractivity contribution >= 4 is 28.3 Å². The van der Waals surface area contributed by atoms with Crippen LogP contribution in [0.2, 0.25) is 0 Å². The molecule has 4 rings (SSSR count). The van der Waals surface area contributed by atoms with E-state index in [2.05, 4.69) is 30.6 Å². The van der Waals surface area contributed by atoms with Gasteiger partial charge in [-0.2, -0.15) is 13.2 Å². The highest BCUT2D eigenvalue weighted by Gasteiger charge is 2.36. The quantitative estimate of drug-likeness (QED) is 0.427. The molecule has 0 aliphatic rings. The van der Waals surface area contributed by atoms with Crippen molar-refractivity contribution in [3.05, 3.63) is 71.8 Å². The molecule has 0 unspecified atom stereocenters. The number of carbonyl (C=O) groups excluding carboxylic acids is 1. The van der Waals surface area contributed by atoms with Gasteiger partial charge in [-0.05, 0) is 25.1 Å². The summed E-state index contributed by atoms with van der Waals surface area (Å²) in [6.45, 7) is 1.75. The molecule has 0 fully saturated rings. The highest BCUT2D eigenvalue weighted by Crippen LogP contribution is 2.32. The van der Waals surface area contributed by atoms with E-state index in [0.29, 0.717) is 28.7 Å². The van der Waals surface area contributed by atoms with E-state index in [1.165, 1.54) is 6.20 Å². The minimum absolute atomic E-state index is 0.156. The molecule has 0 aromatic carbocycles. The number of carbonyl (C=O) groups is 1. The van der Waals surface area contributed by atoms with Gasteiger partial charge < -0.3 is 10.6 Å². The van der Waals surface area contributed by atoms with Crippen molar-refractivity contribution in [1.29, 1.82) is 0 Å². The number of amides is 1. The average molecular weight is 456 g/mol. The third-order valence-corrected chi connectivity index (χ3v) is 4.89. The van der Waals surface area contributed by atoms with Crippen molar-refractivity contribution in [2.75, 3.05) is 17.7 Å². The van der Waals surface area contributed by atoms with Gasteiger partial charge in [0.25, 0.3) is 5.91 Å². The van der Waals surface area contributed by atoms with Crippen molar-refractivity contribution < 1.29 is 22.4 Å². The van der Waals surface area contributed by atoms with Gasteiger partial charge in [-0.1, -0.05) is 0 Å². The van der Waals surface area contributed by atoms with Crippen LogP contribution < -0.4 is 10.6 Å². The third kappa shape index (κ3) is 4.43. The van der Waals surface area contributed by atoms with E-state index < -0.39 is 29.2 Å².